The minimum Gasteiger partial charge on any atom is -0.476 e. The Kier molecular flexibility index (Phi) is 7.61. The number of carbonyl (C=O) groups is 1. The van der Waals surface area contributed by atoms with Crippen LogP contribution in [0.15, 0.2) is 105 Å². The van der Waals surface area contributed by atoms with Gasteiger partial charge in [-0.1, -0.05) is 48.0 Å². The van der Waals surface area contributed by atoms with Gasteiger partial charge in [0.15, 0.2) is 12.4 Å². The van der Waals surface area contributed by atoms with Gasteiger partial charge in [0.2, 0.25) is 11.6 Å². The van der Waals surface area contributed by atoms with E-state index in [1.165, 1.54) is 24.4 Å². The molecule has 0 aliphatic heterocycles. The number of rotatable bonds is 8. The number of anilines is 1. The van der Waals surface area contributed by atoms with E-state index in [-0.39, 0.29) is 28.6 Å². The Bertz CT molecular complexity index is 2170. The summed E-state index contributed by atoms with van der Waals surface area (Å²) in [5, 5.41) is 20.5. The molecule has 12 heteroatoms. The fourth-order valence-electron chi connectivity index (χ4n) is 4.62. The summed E-state index contributed by atoms with van der Waals surface area (Å²) in [5.74, 6) is -0.348. The van der Waals surface area contributed by atoms with Crippen molar-refractivity contribution in [2.24, 2.45) is 5.10 Å². The SMILES string of the molecule is Cc1ccccc1NC(=O)COc1c(C=Nn2c(-c3cc4cc(Cl)ccc4o3)nc3ccccc3c2=O)cccc1[N+](=O)[O-]. The molecule has 44 heavy (non-hydrogen) atoms. The molecular formula is C32H22ClN5O6. The van der Waals surface area contributed by atoms with Gasteiger partial charge >= 0.3 is 5.69 Å². The van der Waals surface area contributed by atoms with Crippen molar-refractivity contribution in [3.8, 4) is 17.3 Å². The lowest BCUT2D eigenvalue weighted by atomic mass is 10.2. The highest BCUT2D eigenvalue weighted by molar-refractivity contribution is 6.31. The van der Waals surface area contributed by atoms with Crippen molar-refractivity contribution in [2.45, 2.75) is 6.92 Å². The zero-order chi connectivity index (χ0) is 30.8. The Hall–Kier alpha value is -5.81. The lowest BCUT2D eigenvalue weighted by molar-refractivity contribution is -0.385. The van der Waals surface area contributed by atoms with E-state index in [0.717, 1.165) is 10.2 Å². The maximum absolute atomic E-state index is 13.6. The van der Waals surface area contributed by atoms with E-state index < -0.39 is 23.0 Å². The van der Waals surface area contributed by atoms with E-state index in [4.69, 9.17) is 20.8 Å². The van der Waals surface area contributed by atoms with Gasteiger partial charge in [0.05, 0.1) is 22.0 Å². The van der Waals surface area contributed by atoms with Crippen LogP contribution in [0.25, 0.3) is 33.5 Å². The van der Waals surface area contributed by atoms with Crippen molar-refractivity contribution in [1.82, 2.24) is 9.66 Å². The third-order valence-corrected chi connectivity index (χ3v) is 6.99. The van der Waals surface area contributed by atoms with Crippen LogP contribution in [-0.2, 0) is 4.79 Å². The number of benzene rings is 4. The van der Waals surface area contributed by atoms with Gasteiger partial charge in [-0.05, 0) is 61.0 Å². The highest BCUT2D eigenvalue weighted by Crippen LogP contribution is 2.31. The molecule has 0 saturated heterocycles. The number of nitrogens with zero attached hydrogens (tertiary/aromatic N) is 4. The smallest absolute Gasteiger partial charge is 0.311 e. The fourth-order valence-corrected chi connectivity index (χ4v) is 4.80. The summed E-state index contributed by atoms with van der Waals surface area (Å²) in [4.78, 5) is 42.2. The van der Waals surface area contributed by atoms with Crippen LogP contribution in [0.3, 0.4) is 0 Å². The van der Waals surface area contributed by atoms with Crippen LogP contribution in [0, 0.1) is 17.0 Å². The average molecular weight is 608 g/mol. The molecule has 1 N–H and O–H groups in total. The number of aryl methyl sites for hydroxylation is 1. The van der Waals surface area contributed by atoms with Crippen molar-refractivity contribution in [3.63, 3.8) is 0 Å². The normalized spacial score (nSPS) is 11.3. The largest absolute Gasteiger partial charge is 0.476 e. The molecular weight excluding hydrogens is 586 g/mol. The van der Waals surface area contributed by atoms with Gasteiger partial charge < -0.3 is 14.5 Å². The number of ether oxygens (including phenoxy) is 1. The van der Waals surface area contributed by atoms with Gasteiger partial charge in [0.25, 0.3) is 11.5 Å². The number of fused-ring (bicyclic) bond motifs is 2. The number of hydrogen-bond acceptors (Lipinski definition) is 8. The first kappa shape index (κ1) is 28.3. The van der Waals surface area contributed by atoms with E-state index in [1.54, 1.807) is 60.7 Å². The van der Waals surface area contributed by atoms with Crippen LogP contribution >= 0.6 is 11.6 Å². The minimum absolute atomic E-state index is 0.0998. The van der Waals surface area contributed by atoms with E-state index >= 15 is 0 Å². The Morgan fingerprint density at radius 3 is 2.70 bits per heavy atom. The Morgan fingerprint density at radius 1 is 1.09 bits per heavy atom. The standard InChI is InChI=1S/C32H22ClN5O6/c1-19-7-2-4-10-24(19)35-29(39)18-43-30-20(8-6-12-26(30)38(41)42)17-34-37-31(36-25-11-5-3-9-23(25)32(37)40)28-16-21-15-22(33)13-14-27(21)44-28/h2-17H,18H2,1H3,(H,35,39). The molecule has 6 rings (SSSR count). The van der Waals surface area contributed by atoms with Gasteiger partial charge in [-0.3, -0.25) is 19.7 Å². The molecule has 4 aromatic carbocycles. The van der Waals surface area contributed by atoms with Gasteiger partial charge in [-0.15, -0.1) is 0 Å². The van der Waals surface area contributed by atoms with Crippen molar-refractivity contribution < 1.29 is 18.9 Å². The average Bonchev–Trinajstić information content (AvgIpc) is 3.44. The third kappa shape index (κ3) is 5.63. The van der Waals surface area contributed by atoms with Crippen LogP contribution < -0.4 is 15.6 Å². The van der Waals surface area contributed by atoms with Crippen LogP contribution in [0.1, 0.15) is 11.1 Å². The summed E-state index contributed by atoms with van der Waals surface area (Å²) >= 11 is 6.15. The first-order valence-electron chi connectivity index (χ1n) is 13.3. The predicted molar refractivity (Wildman–Crippen MR) is 168 cm³/mol. The highest BCUT2D eigenvalue weighted by atomic mass is 35.5. The molecule has 0 radical (unpaired) electrons. The molecule has 0 unspecified atom stereocenters. The topological polar surface area (TPSA) is 142 Å². The molecule has 0 fully saturated rings. The maximum atomic E-state index is 13.6. The second-order valence-corrected chi connectivity index (χ2v) is 10.1. The fraction of sp³-hybridized carbons (Fsp3) is 0.0625. The zero-order valence-electron chi connectivity index (χ0n) is 23.1. The van der Waals surface area contributed by atoms with Gasteiger partial charge in [0.1, 0.15) is 5.58 Å². The summed E-state index contributed by atoms with van der Waals surface area (Å²) in [5.41, 5.74) is 1.68. The molecule has 0 aliphatic rings. The molecule has 218 valence electrons. The van der Waals surface area contributed by atoms with Gasteiger partial charge in [-0.25, -0.2) is 4.98 Å². The number of nitro benzene ring substituents is 1. The highest BCUT2D eigenvalue weighted by Gasteiger charge is 2.21. The number of furan rings is 1. The summed E-state index contributed by atoms with van der Waals surface area (Å²) in [7, 11) is 0. The summed E-state index contributed by atoms with van der Waals surface area (Å²) in [6, 6.07) is 25.0. The zero-order valence-corrected chi connectivity index (χ0v) is 23.8. The number of amides is 1. The summed E-state index contributed by atoms with van der Waals surface area (Å²) < 4.78 is 12.7. The Labute approximate surface area is 254 Å². The Morgan fingerprint density at radius 2 is 1.89 bits per heavy atom. The quantitative estimate of drug-likeness (QED) is 0.117. The van der Waals surface area contributed by atoms with Crippen LogP contribution in [0.5, 0.6) is 5.75 Å². The number of aromatic nitrogens is 2. The molecule has 0 saturated carbocycles. The number of carbonyl (C=O) groups excluding carboxylic acids is 1. The number of para-hydroxylation sites is 3. The van der Waals surface area contributed by atoms with Gasteiger partial charge in [0, 0.05) is 27.7 Å². The molecule has 0 atom stereocenters. The van der Waals surface area contributed by atoms with Crippen molar-refractivity contribution in [1.29, 1.82) is 0 Å². The van der Waals surface area contributed by atoms with Crippen LogP contribution in [0.4, 0.5) is 11.4 Å². The molecule has 0 aliphatic carbocycles. The second-order valence-electron chi connectivity index (χ2n) is 9.71. The monoisotopic (exact) mass is 607 g/mol. The lowest BCUT2D eigenvalue weighted by Crippen LogP contribution is -2.21. The molecule has 0 bridgehead atoms. The minimum atomic E-state index is -0.624. The van der Waals surface area contributed by atoms with Crippen LogP contribution in [0.2, 0.25) is 5.02 Å². The van der Waals surface area contributed by atoms with E-state index in [9.17, 15) is 19.7 Å². The van der Waals surface area contributed by atoms with Crippen molar-refractivity contribution in [2.75, 3.05) is 11.9 Å². The number of nitro groups is 1. The number of halogens is 1. The third-order valence-electron chi connectivity index (χ3n) is 6.75. The molecule has 2 aromatic heterocycles. The second kappa shape index (κ2) is 11.8. The van der Waals surface area contributed by atoms with E-state index in [1.807, 2.05) is 19.1 Å². The van der Waals surface area contributed by atoms with Crippen LogP contribution in [-0.4, -0.2) is 33.3 Å². The summed E-state index contributed by atoms with van der Waals surface area (Å²) in [6.07, 6.45) is 1.24. The predicted octanol–water partition coefficient (Wildman–Crippen LogP) is 6.58. The molecule has 2 heterocycles. The van der Waals surface area contributed by atoms with Crippen molar-refractivity contribution >= 4 is 57.0 Å². The van der Waals surface area contributed by atoms with Gasteiger partial charge in [-0.2, -0.15) is 9.78 Å². The maximum Gasteiger partial charge on any atom is 0.311 e. The first-order valence-corrected chi connectivity index (χ1v) is 13.7. The molecule has 6 aromatic rings. The Balaban J connectivity index is 1.40. The molecule has 11 nitrogen and oxygen atoms in total. The first-order chi connectivity index (χ1) is 21.3. The molecule has 1 amide bonds. The number of nitrogens with one attached hydrogen (secondary N) is 1. The number of hydrogen-bond donors (Lipinski definition) is 1. The van der Waals surface area contributed by atoms with Crippen molar-refractivity contribution in [3.05, 3.63) is 128 Å². The van der Waals surface area contributed by atoms with E-state index in [0.29, 0.717) is 32.6 Å². The summed E-state index contributed by atoms with van der Waals surface area (Å²) in [6.45, 7) is 1.33. The lowest BCUT2D eigenvalue weighted by Gasteiger charge is -2.11. The van der Waals surface area contributed by atoms with E-state index in [2.05, 4.69) is 15.4 Å². The molecule has 0 spiro atoms.